The summed E-state index contributed by atoms with van der Waals surface area (Å²) in [7, 11) is 1.65. The quantitative estimate of drug-likeness (QED) is 0.434. The highest BCUT2D eigenvalue weighted by atomic mass is 32.1. The number of amides is 1. The van der Waals surface area contributed by atoms with E-state index in [-0.39, 0.29) is 5.91 Å². The molecule has 0 bridgehead atoms. The molecule has 0 saturated carbocycles. The molecule has 168 valence electrons. The summed E-state index contributed by atoms with van der Waals surface area (Å²) in [5.41, 5.74) is 4.36. The minimum atomic E-state index is -0.430. The molecule has 2 aromatic rings. The first kappa shape index (κ1) is 23.2. The molecule has 1 aliphatic rings. The van der Waals surface area contributed by atoms with Gasteiger partial charge in [-0.05, 0) is 52.0 Å². The monoisotopic (exact) mass is 445 g/mol. The third-order valence-electron chi connectivity index (χ3n) is 5.46. The molecular weight excluding hydrogens is 414 g/mol. The van der Waals surface area contributed by atoms with Gasteiger partial charge < -0.3 is 19.4 Å². The molecule has 1 aliphatic carbocycles. The topological polar surface area (TPSA) is 82.5 Å². The van der Waals surface area contributed by atoms with Gasteiger partial charge in [0.2, 0.25) is 5.01 Å². The predicted octanol–water partition coefficient (Wildman–Crippen LogP) is 4.36. The number of allylic oxidation sites excluding steroid dienone is 1. The number of carbonyl (C=O) groups is 2. The van der Waals surface area contributed by atoms with Crippen LogP contribution in [0, 0.1) is 6.92 Å². The zero-order chi connectivity index (χ0) is 22.2. The van der Waals surface area contributed by atoms with Gasteiger partial charge in [-0.2, -0.15) is 0 Å². The molecular formula is C23H31N3O4S. The highest BCUT2D eigenvalue weighted by Crippen LogP contribution is 2.28. The molecule has 3 rings (SSSR count). The van der Waals surface area contributed by atoms with Crippen LogP contribution in [0.3, 0.4) is 0 Å². The lowest BCUT2D eigenvalue weighted by molar-refractivity contribution is 0.0526. The number of esters is 1. The van der Waals surface area contributed by atoms with Crippen molar-refractivity contribution >= 4 is 23.2 Å². The molecule has 0 aromatic carbocycles. The molecule has 0 radical (unpaired) electrons. The Morgan fingerprint density at radius 2 is 2.16 bits per heavy atom. The van der Waals surface area contributed by atoms with Crippen LogP contribution in [0.25, 0.3) is 11.4 Å². The van der Waals surface area contributed by atoms with Gasteiger partial charge in [0.15, 0.2) is 0 Å². The van der Waals surface area contributed by atoms with Gasteiger partial charge in [0.25, 0.3) is 5.91 Å². The average molecular weight is 446 g/mol. The summed E-state index contributed by atoms with van der Waals surface area (Å²) in [4.78, 5) is 29.4. The van der Waals surface area contributed by atoms with Crippen LogP contribution in [0.15, 0.2) is 23.1 Å². The van der Waals surface area contributed by atoms with Crippen LogP contribution in [-0.2, 0) is 16.0 Å². The number of aromatic nitrogens is 2. The minimum absolute atomic E-state index is 0.0906. The van der Waals surface area contributed by atoms with E-state index in [4.69, 9.17) is 9.47 Å². The molecule has 0 spiro atoms. The van der Waals surface area contributed by atoms with E-state index in [1.165, 1.54) is 29.8 Å². The second kappa shape index (κ2) is 11.2. The number of hydrogen-bond donors (Lipinski definition) is 1. The number of rotatable bonds is 10. The first-order chi connectivity index (χ1) is 15.0. The number of ether oxygens (including phenoxy) is 2. The second-order valence-corrected chi connectivity index (χ2v) is 8.40. The van der Waals surface area contributed by atoms with Crippen LogP contribution in [0.4, 0.5) is 0 Å². The zero-order valence-corrected chi connectivity index (χ0v) is 19.3. The number of nitrogens with one attached hydrogen (secondary N) is 1. The van der Waals surface area contributed by atoms with E-state index < -0.39 is 5.97 Å². The van der Waals surface area contributed by atoms with Crippen molar-refractivity contribution in [1.29, 1.82) is 0 Å². The Morgan fingerprint density at radius 1 is 1.32 bits per heavy atom. The fourth-order valence-electron chi connectivity index (χ4n) is 3.80. The van der Waals surface area contributed by atoms with Crippen LogP contribution in [0.2, 0.25) is 0 Å². The van der Waals surface area contributed by atoms with E-state index >= 15 is 0 Å². The largest absolute Gasteiger partial charge is 0.461 e. The third kappa shape index (κ3) is 5.83. The SMILES string of the molecule is CCOC(=O)c1nc(-c2cc(C(=O)NCCC3=CCCCC3)c(C)n2CCOC)cs1. The van der Waals surface area contributed by atoms with Crippen molar-refractivity contribution in [3.05, 3.63) is 39.4 Å². The fraction of sp³-hybridized carbons (Fsp3) is 0.522. The fourth-order valence-corrected chi connectivity index (χ4v) is 4.50. The molecule has 7 nitrogen and oxygen atoms in total. The first-order valence-corrected chi connectivity index (χ1v) is 11.7. The maximum atomic E-state index is 12.9. The van der Waals surface area contributed by atoms with Crippen LogP contribution >= 0.6 is 11.3 Å². The van der Waals surface area contributed by atoms with Gasteiger partial charge in [-0.1, -0.05) is 11.6 Å². The highest BCUT2D eigenvalue weighted by molar-refractivity contribution is 7.11. The molecule has 0 fully saturated rings. The molecule has 1 N–H and O–H groups in total. The molecule has 0 unspecified atom stereocenters. The Labute approximate surface area is 187 Å². The van der Waals surface area contributed by atoms with E-state index in [2.05, 4.69) is 16.4 Å². The molecule has 31 heavy (non-hydrogen) atoms. The number of hydrogen-bond acceptors (Lipinski definition) is 6. The Bertz CT molecular complexity index is 945. The lowest BCUT2D eigenvalue weighted by Gasteiger charge is -2.13. The number of nitrogens with zero attached hydrogens (tertiary/aromatic N) is 2. The summed E-state index contributed by atoms with van der Waals surface area (Å²) in [6.45, 7) is 5.72. The molecule has 0 atom stereocenters. The summed E-state index contributed by atoms with van der Waals surface area (Å²) in [6, 6.07) is 1.85. The van der Waals surface area contributed by atoms with Crippen molar-refractivity contribution < 1.29 is 19.1 Å². The number of carbonyl (C=O) groups excluding carboxylic acids is 2. The Balaban J connectivity index is 1.78. The van der Waals surface area contributed by atoms with Gasteiger partial charge in [0.05, 0.1) is 30.2 Å². The molecule has 2 heterocycles. The van der Waals surface area contributed by atoms with E-state index in [1.807, 2.05) is 22.9 Å². The van der Waals surface area contributed by atoms with E-state index in [0.29, 0.717) is 42.6 Å². The maximum Gasteiger partial charge on any atom is 0.367 e. The van der Waals surface area contributed by atoms with Crippen molar-refractivity contribution in [2.75, 3.05) is 26.9 Å². The van der Waals surface area contributed by atoms with Crippen molar-refractivity contribution in [2.24, 2.45) is 0 Å². The second-order valence-electron chi connectivity index (χ2n) is 7.55. The summed E-state index contributed by atoms with van der Waals surface area (Å²) < 4.78 is 12.3. The normalized spacial score (nSPS) is 13.7. The van der Waals surface area contributed by atoms with Gasteiger partial charge in [0.1, 0.15) is 0 Å². The lowest BCUT2D eigenvalue weighted by atomic mass is 9.97. The predicted molar refractivity (Wildman–Crippen MR) is 122 cm³/mol. The van der Waals surface area contributed by atoms with Crippen LogP contribution < -0.4 is 5.32 Å². The van der Waals surface area contributed by atoms with Crippen molar-refractivity contribution in [1.82, 2.24) is 14.9 Å². The van der Waals surface area contributed by atoms with Crippen molar-refractivity contribution in [3.8, 4) is 11.4 Å². The van der Waals surface area contributed by atoms with E-state index in [0.717, 1.165) is 30.7 Å². The van der Waals surface area contributed by atoms with Gasteiger partial charge in [-0.15, -0.1) is 11.3 Å². The molecule has 0 aliphatic heterocycles. The average Bonchev–Trinajstić information content (AvgIpc) is 3.38. The summed E-state index contributed by atoms with van der Waals surface area (Å²) in [6.07, 6.45) is 8.00. The Kier molecular flexibility index (Phi) is 8.43. The molecule has 2 aromatic heterocycles. The zero-order valence-electron chi connectivity index (χ0n) is 18.5. The van der Waals surface area contributed by atoms with Gasteiger partial charge >= 0.3 is 5.97 Å². The third-order valence-corrected chi connectivity index (χ3v) is 6.29. The van der Waals surface area contributed by atoms with Crippen LogP contribution in [-0.4, -0.2) is 48.3 Å². The minimum Gasteiger partial charge on any atom is -0.461 e. The highest BCUT2D eigenvalue weighted by Gasteiger charge is 2.21. The van der Waals surface area contributed by atoms with Crippen LogP contribution in [0.1, 0.15) is 64.9 Å². The Morgan fingerprint density at radius 3 is 2.87 bits per heavy atom. The first-order valence-electron chi connectivity index (χ1n) is 10.8. The van der Waals surface area contributed by atoms with Crippen molar-refractivity contribution in [2.45, 2.75) is 52.5 Å². The van der Waals surface area contributed by atoms with Gasteiger partial charge in [-0.3, -0.25) is 4.79 Å². The number of methoxy groups -OCH3 is 1. The molecule has 1 amide bonds. The standard InChI is InChI=1S/C23H31N3O4S/c1-4-30-23(28)22-25-19(15-31-22)20-14-18(16(2)26(20)12-13-29-3)21(27)24-11-10-17-8-6-5-7-9-17/h8,14-15H,4-7,9-13H2,1-3H3,(H,24,27). The van der Waals surface area contributed by atoms with E-state index in [9.17, 15) is 9.59 Å². The summed E-state index contributed by atoms with van der Waals surface area (Å²) >= 11 is 1.24. The Hall–Kier alpha value is -2.45. The van der Waals surface area contributed by atoms with Gasteiger partial charge in [0, 0.05) is 31.3 Å². The smallest absolute Gasteiger partial charge is 0.367 e. The maximum absolute atomic E-state index is 12.9. The molecule has 8 heteroatoms. The van der Waals surface area contributed by atoms with Crippen LogP contribution in [0.5, 0.6) is 0 Å². The number of thiazole rings is 1. The summed E-state index contributed by atoms with van der Waals surface area (Å²) in [5, 5.41) is 5.19. The van der Waals surface area contributed by atoms with E-state index in [1.54, 1.807) is 14.0 Å². The summed E-state index contributed by atoms with van der Waals surface area (Å²) in [5.74, 6) is -0.521. The van der Waals surface area contributed by atoms with Gasteiger partial charge in [-0.25, -0.2) is 9.78 Å². The molecule has 0 saturated heterocycles. The lowest BCUT2D eigenvalue weighted by Crippen LogP contribution is -2.25. The van der Waals surface area contributed by atoms with Crippen molar-refractivity contribution in [3.63, 3.8) is 0 Å².